The van der Waals surface area contributed by atoms with Gasteiger partial charge in [-0.2, -0.15) is 8.78 Å². The Bertz CT molecular complexity index is 746. The fraction of sp³-hybridized carbons (Fsp3) is 0.588. The van der Waals surface area contributed by atoms with Crippen molar-refractivity contribution in [3.8, 4) is 0 Å². The molecule has 1 aromatic carbocycles. The topological polar surface area (TPSA) is 89.3 Å². The number of alkyl halides is 2. The van der Waals surface area contributed by atoms with Gasteiger partial charge in [0.05, 0.1) is 4.90 Å². The van der Waals surface area contributed by atoms with Crippen molar-refractivity contribution in [2.45, 2.75) is 48.8 Å². The van der Waals surface area contributed by atoms with Crippen LogP contribution in [0.3, 0.4) is 0 Å². The molecule has 26 heavy (non-hydrogen) atoms. The predicted octanol–water partition coefficient (Wildman–Crippen LogP) is 3.20. The van der Waals surface area contributed by atoms with Crippen molar-refractivity contribution in [3.63, 3.8) is 0 Å². The summed E-state index contributed by atoms with van der Waals surface area (Å²) >= 11 is 0. The van der Waals surface area contributed by atoms with E-state index in [1.807, 2.05) is 0 Å². The van der Waals surface area contributed by atoms with Crippen LogP contribution in [-0.4, -0.2) is 26.1 Å². The average molecular weight is 409 g/mol. The second-order valence-electron chi connectivity index (χ2n) is 7.02. The van der Waals surface area contributed by atoms with Gasteiger partial charge < -0.3 is 11.1 Å². The van der Waals surface area contributed by atoms with Gasteiger partial charge in [-0.1, -0.05) is 12.5 Å². The highest BCUT2D eigenvalue weighted by Gasteiger charge is 2.40. The maximum absolute atomic E-state index is 12.7. The number of fused-ring (bicyclic) bond motifs is 2. The van der Waals surface area contributed by atoms with Crippen LogP contribution in [0.25, 0.3) is 0 Å². The summed E-state index contributed by atoms with van der Waals surface area (Å²) < 4.78 is 48.5. The number of carbonyl (C=O) groups is 1. The fourth-order valence-electron chi connectivity index (χ4n) is 4.10. The maximum atomic E-state index is 12.7. The quantitative estimate of drug-likeness (QED) is 0.800. The SMILES string of the molecule is Cl.NC1C2CCCC1CC(C(=O)Nc1cccc(S(=O)(=O)C(F)F)c1)C2. The Balaban J connectivity index is 0.00000243. The zero-order chi connectivity index (χ0) is 18.2. The summed E-state index contributed by atoms with van der Waals surface area (Å²) in [6.07, 6.45) is 4.65. The van der Waals surface area contributed by atoms with Gasteiger partial charge in [0.15, 0.2) is 0 Å². The monoisotopic (exact) mass is 408 g/mol. The van der Waals surface area contributed by atoms with Crippen LogP contribution in [0.1, 0.15) is 32.1 Å². The summed E-state index contributed by atoms with van der Waals surface area (Å²) in [6, 6.07) is 5.17. The van der Waals surface area contributed by atoms with Crippen LogP contribution in [0.15, 0.2) is 29.2 Å². The minimum Gasteiger partial charge on any atom is -0.327 e. The van der Waals surface area contributed by atoms with Crippen LogP contribution in [0, 0.1) is 17.8 Å². The van der Waals surface area contributed by atoms with Gasteiger partial charge in [-0.05, 0) is 55.7 Å². The summed E-state index contributed by atoms with van der Waals surface area (Å²) in [6.45, 7) is 0. The minimum atomic E-state index is -4.68. The average Bonchev–Trinajstić information content (AvgIpc) is 2.54. The molecule has 0 aliphatic heterocycles. The van der Waals surface area contributed by atoms with E-state index in [0.29, 0.717) is 11.8 Å². The summed E-state index contributed by atoms with van der Waals surface area (Å²) in [5.41, 5.74) is 6.44. The van der Waals surface area contributed by atoms with Crippen molar-refractivity contribution in [1.82, 2.24) is 0 Å². The van der Waals surface area contributed by atoms with E-state index >= 15 is 0 Å². The van der Waals surface area contributed by atoms with Crippen molar-refractivity contribution in [1.29, 1.82) is 0 Å². The third-order valence-corrected chi connectivity index (χ3v) is 6.83. The predicted molar refractivity (Wildman–Crippen MR) is 97.0 cm³/mol. The molecule has 2 unspecified atom stereocenters. The van der Waals surface area contributed by atoms with Gasteiger partial charge in [0.2, 0.25) is 15.7 Å². The Morgan fingerprint density at radius 2 is 1.81 bits per heavy atom. The van der Waals surface area contributed by atoms with Crippen molar-refractivity contribution in [2.75, 3.05) is 5.32 Å². The molecule has 0 radical (unpaired) electrons. The molecular weight excluding hydrogens is 386 g/mol. The number of carbonyl (C=O) groups excluding carboxylic acids is 1. The van der Waals surface area contributed by atoms with E-state index in [1.54, 1.807) is 0 Å². The Morgan fingerprint density at radius 3 is 2.38 bits per heavy atom. The first kappa shape index (κ1) is 21.1. The van der Waals surface area contributed by atoms with Gasteiger partial charge >= 0.3 is 5.76 Å². The first-order chi connectivity index (χ1) is 11.8. The molecule has 0 aromatic heterocycles. The molecule has 0 saturated heterocycles. The third-order valence-electron chi connectivity index (χ3n) is 5.45. The van der Waals surface area contributed by atoms with Gasteiger partial charge in [0.1, 0.15) is 0 Å². The smallest absolute Gasteiger partial charge is 0.327 e. The van der Waals surface area contributed by atoms with Crippen LogP contribution < -0.4 is 11.1 Å². The van der Waals surface area contributed by atoms with E-state index in [2.05, 4.69) is 5.32 Å². The molecule has 5 nitrogen and oxygen atoms in total. The maximum Gasteiger partial charge on any atom is 0.341 e. The van der Waals surface area contributed by atoms with Gasteiger partial charge in [-0.3, -0.25) is 4.79 Å². The molecule has 2 aliphatic rings. The largest absolute Gasteiger partial charge is 0.341 e. The molecule has 2 saturated carbocycles. The molecule has 2 aliphatic carbocycles. The van der Waals surface area contributed by atoms with Gasteiger partial charge in [-0.15, -0.1) is 12.4 Å². The number of nitrogens with one attached hydrogen (secondary N) is 1. The van der Waals surface area contributed by atoms with Crippen molar-refractivity contribution in [3.05, 3.63) is 24.3 Å². The Hall–Kier alpha value is -1.25. The summed E-state index contributed by atoms with van der Waals surface area (Å²) in [5, 5.41) is 2.68. The lowest BCUT2D eigenvalue weighted by molar-refractivity contribution is -0.122. The van der Waals surface area contributed by atoms with Crippen LogP contribution in [0.5, 0.6) is 0 Å². The Labute approximate surface area is 158 Å². The number of benzene rings is 1. The molecule has 9 heteroatoms. The molecule has 1 aromatic rings. The van der Waals surface area contributed by atoms with E-state index in [0.717, 1.165) is 44.2 Å². The fourth-order valence-corrected chi connectivity index (χ4v) is 4.87. The minimum absolute atomic E-state index is 0. The zero-order valence-corrected chi connectivity index (χ0v) is 15.7. The lowest BCUT2D eigenvalue weighted by Crippen LogP contribution is -2.48. The zero-order valence-electron chi connectivity index (χ0n) is 14.1. The lowest BCUT2D eigenvalue weighted by Gasteiger charge is -2.43. The molecule has 2 fully saturated rings. The van der Waals surface area contributed by atoms with E-state index in [4.69, 9.17) is 5.73 Å². The van der Waals surface area contributed by atoms with E-state index in [1.165, 1.54) is 12.1 Å². The van der Waals surface area contributed by atoms with Crippen molar-refractivity contribution >= 4 is 33.8 Å². The number of nitrogens with two attached hydrogens (primary N) is 1. The second kappa shape index (κ2) is 8.19. The van der Waals surface area contributed by atoms with Crippen molar-refractivity contribution in [2.24, 2.45) is 23.5 Å². The molecule has 0 heterocycles. The number of hydrogen-bond donors (Lipinski definition) is 2. The molecule has 3 N–H and O–H groups in total. The van der Waals surface area contributed by atoms with Crippen LogP contribution in [0.4, 0.5) is 14.5 Å². The number of hydrogen-bond acceptors (Lipinski definition) is 4. The number of rotatable bonds is 4. The highest BCUT2D eigenvalue weighted by molar-refractivity contribution is 7.91. The first-order valence-corrected chi connectivity index (χ1v) is 10.0. The molecule has 0 spiro atoms. The lowest BCUT2D eigenvalue weighted by atomic mass is 9.65. The molecule has 2 atom stereocenters. The van der Waals surface area contributed by atoms with E-state index in [-0.39, 0.29) is 36.0 Å². The number of sulfone groups is 1. The number of halogens is 3. The Morgan fingerprint density at radius 1 is 1.19 bits per heavy atom. The van der Waals surface area contributed by atoms with E-state index < -0.39 is 20.5 Å². The third kappa shape index (κ3) is 4.18. The molecule has 2 bridgehead atoms. The summed E-state index contributed by atoms with van der Waals surface area (Å²) in [7, 11) is -4.68. The van der Waals surface area contributed by atoms with Crippen LogP contribution in [0.2, 0.25) is 0 Å². The van der Waals surface area contributed by atoms with Crippen LogP contribution >= 0.6 is 12.4 Å². The molecule has 1 amide bonds. The molecular formula is C17H23ClF2N2O3S. The summed E-state index contributed by atoms with van der Waals surface area (Å²) in [5.74, 6) is -3.18. The van der Waals surface area contributed by atoms with Gasteiger partial charge in [-0.25, -0.2) is 8.42 Å². The van der Waals surface area contributed by atoms with Gasteiger partial charge in [0.25, 0.3) is 0 Å². The van der Waals surface area contributed by atoms with Crippen molar-refractivity contribution < 1.29 is 22.0 Å². The highest BCUT2D eigenvalue weighted by Crippen LogP contribution is 2.42. The van der Waals surface area contributed by atoms with E-state index in [9.17, 15) is 22.0 Å². The Kier molecular flexibility index (Phi) is 6.63. The highest BCUT2D eigenvalue weighted by atomic mass is 35.5. The molecule has 3 rings (SSSR count). The second-order valence-corrected chi connectivity index (χ2v) is 8.94. The van der Waals surface area contributed by atoms with Gasteiger partial charge in [0, 0.05) is 17.6 Å². The summed E-state index contributed by atoms with van der Waals surface area (Å²) in [4.78, 5) is 12.1. The first-order valence-electron chi connectivity index (χ1n) is 8.47. The van der Waals surface area contributed by atoms with Crippen LogP contribution in [-0.2, 0) is 14.6 Å². The normalized spacial score (nSPS) is 28.3. The molecule has 146 valence electrons. The number of anilines is 1. The number of amides is 1. The standard InChI is InChI=1S/C17H22F2N2O3S.ClH/c18-17(19)25(23,24)14-6-2-5-13(9-14)21-16(22)12-7-10-3-1-4-11(8-12)15(10)20;/h2,5-6,9-12,15,17H,1,3-4,7-8,20H2,(H,21,22);1H.